The van der Waals surface area contributed by atoms with E-state index in [1.807, 2.05) is 10.6 Å². The summed E-state index contributed by atoms with van der Waals surface area (Å²) in [4.78, 5) is 6.39. The summed E-state index contributed by atoms with van der Waals surface area (Å²) in [6.45, 7) is 0.988. The maximum absolute atomic E-state index is 9.90. The van der Waals surface area contributed by atoms with Crippen molar-refractivity contribution < 1.29 is 5.11 Å². The number of aliphatic hydroxyl groups is 1. The van der Waals surface area contributed by atoms with Crippen LogP contribution < -0.4 is 5.32 Å². The van der Waals surface area contributed by atoms with Gasteiger partial charge in [0.1, 0.15) is 0 Å². The standard InChI is InChI=1S/C10H13N3OS/c14-7-2-1-3-11-9(7)8-6-13-5-4-12-10(13)15-8/h4-7,9,11,14H,1-3H2. The van der Waals surface area contributed by atoms with Crippen molar-refractivity contribution in [3.05, 3.63) is 23.5 Å². The molecule has 0 amide bonds. The minimum Gasteiger partial charge on any atom is -0.391 e. The highest BCUT2D eigenvalue weighted by atomic mass is 32.1. The fourth-order valence-electron chi connectivity index (χ4n) is 2.05. The molecule has 0 bridgehead atoms. The topological polar surface area (TPSA) is 49.6 Å². The minimum atomic E-state index is -0.262. The number of aliphatic hydroxyl groups excluding tert-OH is 1. The molecule has 1 aliphatic heterocycles. The maximum atomic E-state index is 9.90. The van der Waals surface area contributed by atoms with E-state index in [9.17, 15) is 5.11 Å². The number of thiazole rings is 1. The fraction of sp³-hybridized carbons (Fsp3) is 0.500. The molecule has 2 aromatic heterocycles. The number of piperidine rings is 1. The molecule has 15 heavy (non-hydrogen) atoms. The van der Waals surface area contributed by atoms with Gasteiger partial charge in [0.05, 0.1) is 12.1 Å². The van der Waals surface area contributed by atoms with E-state index in [4.69, 9.17) is 0 Å². The first-order chi connectivity index (χ1) is 7.34. The number of rotatable bonds is 1. The average Bonchev–Trinajstić information content (AvgIpc) is 2.77. The molecule has 1 aliphatic rings. The Bertz CT molecular complexity index is 435. The number of hydrogen-bond acceptors (Lipinski definition) is 4. The SMILES string of the molecule is OC1CCCNC1c1cn2ccnc2s1. The second-order valence-electron chi connectivity index (χ2n) is 3.89. The minimum absolute atomic E-state index is 0.0884. The second kappa shape index (κ2) is 3.59. The Morgan fingerprint density at radius 2 is 2.53 bits per heavy atom. The Morgan fingerprint density at radius 1 is 1.60 bits per heavy atom. The van der Waals surface area contributed by atoms with Crippen molar-refractivity contribution in [1.29, 1.82) is 0 Å². The van der Waals surface area contributed by atoms with Crippen molar-refractivity contribution in [3.63, 3.8) is 0 Å². The van der Waals surface area contributed by atoms with E-state index >= 15 is 0 Å². The lowest BCUT2D eigenvalue weighted by Gasteiger charge is -2.27. The molecule has 1 fully saturated rings. The monoisotopic (exact) mass is 223 g/mol. The molecule has 80 valence electrons. The van der Waals surface area contributed by atoms with Crippen LogP contribution in [0.25, 0.3) is 4.96 Å². The zero-order chi connectivity index (χ0) is 10.3. The summed E-state index contributed by atoms with van der Waals surface area (Å²) in [6, 6.07) is 0.0884. The molecule has 3 rings (SSSR count). The first-order valence-corrected chi connectivity index (χ1v) is 6.00. The molecule has 2 unspecified atom stereocenters. The maximum Gasteiger partial charge on any atom is 0.193 e. The smallest absolute Gasteiger partial charge is 0.193 e. The van der Waals surface area contributed by atoms with Gasteiger partial charge in [-0.2, -0.15) is 0 Å². The van der Waals surface area contributed by atoms with Crippen LogP contribution in [0.15, 0.2) is 18.6 Å². The Kier molecular flexibility index (Phi) is 2.23. The number of imidazole rings is 1. The van der Waals surface area contributed by atoms with Crippen LogP contribution in [0, 0.1) is 0 Å². The third-order valence-corrected chi connectivity index (χ3v) is 3.93. The molecule has 0 aliphatic carbocycles. The van der Waals surface area contributed by atoms with Crippen LogP contribution in [0.2, 0.25) is 0 Å². The number of fused-ring (bicyclic) bond motifs is 1. The van der Waals surface area contributed by atoms with Crippen LogP contribution in [0.4, 0.5) is 0 Å². The van der Waals surface area contributed by atoms with Gasteiger partial charge in [0.2, 0.25) is 0 Å². The Morgan fingerprint density at radius 3 is 3.33 bits per heavy atom. The molecule has 0 radical (unpaired) electrons. The van der Waals surface area contributed by atoms with Gasteiger partial charge in [-0.3, -0.25) is 4.40 Å². The van der Waals surface area contributed by atoms with Gasteiger partial charge in [-0.1, -0.05) is 11.3 Å². The van der Waals surface area contributed by atoms with E-state index in [1.54, 1.807) is 17.5 Å². The summed E-state index contributed by atoms with van der Waals surface area (Å²) in [5.41, 5.74) is 0. The van der Waals surface area contributed by atoms with Gasteiger partial charge in [-0.15, -0.1) is 0 Å². The number of aromatic nitrogens is 2. The lowest BCUT2D eigenvalue weighted by Crippen LogP contribution is -2.37. The van der Waals surface area contributed by atoms with E-state index in [0.29, 0.717) is 0 Å². The normalized spacial score (nSPS) is 27.3. The van der Waals surface area contributed by atoms with Crippen molar-refractivity contribution >= 4 is 16.3 Å². The molecular weight excluding hydrogens is 210 g/mol. The van der Waals surface area contributed by atoms with E-state index in [1.165, 1.54) is 4.88 Å². The first kappa shape index (κ1) is 9.33. The molecule has 3 heterocycles. The van der Waals surface area contributed by atoms with Crippen molar-refractivity contribution in [2.45, 2.75) is 25.0 Å². The lowest BCUT2D eigenvalue weighted by molar-refractivity contribution is 0.0979. The van der Waals surface area contributed by atoms with Crippen LogP contribution in [-0.2, 0) is 0 Å². The summed E-state index contributed by atoms with van der Waals surface area (Å²) in [6.07, 6.45) is 7.46. The molecule has 0 spiro atoms. The van der Waals surface area contributed by atoms with E-state index in [2.05, 4.69) is 16.5 Å². The van der Waals surface area contributed by atoms with E-state index in [0.717, 1.165) is 24.3 Å². The zero-order valence-corrected chi connectivity index (χ0v) is 9.07. The van der Waals surface area contributed by atoms with Gasteiger partial charge in [-0.25, -0.2) is 4.98 Å². The number of hydrogen-bond donors (Lipinski definition) is 2. The summed E-state index contributed by atoms with van der Waals surface area (Å²) in [5.74, 6) is 0. The van der Waals surface area contributed by atoms with Crippen LogP contribution in [0.3, 0.4) is 0 Å². The molecule has 0 aromatic carbocycles. The lowest BCUT2D eigenvalue weighted by atomic mass is 10.0. The van der Waals surface area contributed by atoms with Gasteiger partial charge in [-0.05, 0) is 19.4 Å². The van der Waals surface area contributed by atoms with Gasteiger partial charge < -0.3 is 10.4 Å². The van der Waals surface area contributed by atoms with E-state index < -0.39 is 0 Å². The van der Waals surface area contributed by atoms with Gasteiger partial charge >= 0.3 is 0 Å². The number of nitrogens with one attached hydrogen (secondary N) is 1. The van der Waals surface area contributed by atoms with Crippen LogP contribution in [0.5, 0.6) is 0 Å². The predicted molar refractivity (Wildman–Crippen MR) is 59.1 cm³/mol. The highest BCUT2D eigenvalue weighted by Gasteiger charge is 2.25. The van der Waals surface area contributed by atoms with Crippen molar-refractivity contribution in [2.24, 2.45) is 0 Å². The third kappa shape index (κ3) is 1.56. The van der Waals surface area contributed by atoms with Crippen molar-refractivity contribution in [3.8, 4) is 0 Å². The highest BCUT2D eigenvalue weighted by molar-refractivity contribution is 7.17. The van der Waals surface area contributed by atoms with Crippen LogP contribution in [0.1, 0.15) is 23.8 Å². The summed E-state index contributed by atoms with van der Waals surface area (Å²) in [7, 11) is 0. The molecule has 5 heteroatoms. The predicted octanol–water partition coefficient (Wildman–Crippen LogP) is 1.18. The fourth-order valence-corrected chi connectivity index (χ4v) is 3.13. The third-order valence-electron chi connectivity index (χ3n) is 2.84. The molecule has 2 atom stereocenters. The molecule has 2 N–H and O–H groups in total. The molecule has 2 aromatic rings. The highest BCUT2D eigenvalue weighted by Crippen LogP contribution is 2.29. The number of nitrogens with zero attached hydrogens (tertiary/aromatic N) is 2. The molecule has 0 saturated carbocycles. The zero-order valence-electron chi connectivity index (χ0n) is 8.26. The quantitative estimate of drug-likeness (QED) is 0.763. The van der Waals surface area contributed by atoms with Gasteiger partial charge in [0, 0.05) is 23.5 Å². The van der Waals surface area contributed by atoms with Gasteiger partial charge in [0.15, 0.2) is 4.96 Å². The van der Waals surface area contributed by atoms with Crippen molar-refractivity contribution in [1.82, 2.24) is 14.7 Å². The largest absolute Gasteiger partial charge is 0.391 e. The summed E-state index contributed by atoms with van der Waals surface area (Å²) >= 11 is 1.64. The second-order valence-corrected chi connectivity index (χ2v) is 4.93. The average molecular weight is 223 g/mol. The first-order valence-electron chi connectivity index (χ1n) is 5.18. The Balaban J connectivity index is 1.95. The van der Waals surface area contributed by atoms with E-state index in [-0.39, 0.29) is 12.1 Å². The summed E-state index contributed by atoms with van der Waals surface area (Å²) in [5, 5.41) is 13.3. The van der Waals surface area contributed by atoms with Crippen molar-refractivity contribution in [2.75, 3.05) is 6.54 Å². The molecule has 1 saturated heterocycles. The Hall–Kier alpha value is -0.910. The molecule has 4 nitrogen and oxygen atoms in total. The summed E-state index contributed by atoms with van der Waals surface area (Å²) < 4.78 is 2.00. The molecular formula is C10H13N3OS. The van der Waals surface area contributed by atoms with Crippen LogP contribution >= 0.6 is 11.3 Å². The Labute approximate surface area is 91.6 Å². The van der Waals surface area contributed by atoms with Gasteiger partial charge in [0.25, 0.3) is 0 Å². The van der Waals surface area contributed by atoms with Crippen LogP contribution in [-0.4, -0.2) is 27.1 Å².